The minimum absolute atomic E-state index is 0.0594. The van der Waals surface area contributed by atoms with E-state index >= 15 is 0 Å². The number of nitrogens with one attached hydrogen (secondary N) is 1. The van der Waals surface area contributed by atoms with Gasteiger partial charge in [-0.05, 0) is 69.4 Å². The molecule has 1 unspecified atom stereocenters. The molecule has 2 aromatic carbocycles. The number of rotatable bonds is 11. The van der Waals surface area contributed by atoms with Gasteiger partial charge in [-0.1, -0.05) is 18.2 Å². The molecule has 0 aromatic heterocycles. The third kappa shape index (κ3) is 7.64. The number of hydrogen-bond donors (Lipinski definition) is 3. The second-order valence-electron chi connectivity index (χ2n) is 7.45. The normalized spacial score (nSPS) is 12.7. The van der Waals surface area contributed by atoms with Crippen LogP contribution in [-0.2, 0) is 21.2 Å². The molecule has 30 heavy (non-hydrogen) atoms. The lowest BCUT2D eigenvalue weighted by Crippen LogP contribution is -2.29. The molecule has 0 spiro atoms. The lowest BCUT2D eigenvalue weighted by atomic mass is 10.0. The van der Waals surface area contributed by atoms with Gasteiger partial charge in [0.2, 0.25) is 10.0 Å². The third-order valence-electron chi connectivity index (χ3n) is 4.53. The Labute approximate surface area is 182 Å². The van der Waals surface area contributed by atoms with E-state index in [2.05, 4.69) is 22.3 Å². The number of carboxylic acid groups (broad SMARTS) is 1. The molecule has 0 saturated carbocycles. The summed E-state index contributed by atoms with van der Waals surface area (Å²) in [6, 6.07) is 13.0. The van der Waals surface area contributed by atoms with E-state index in [1.165, 1.54) is 12.1 Å². The van der Waals surface area contributed by atoms with Gasteiger partial charge in [-0.2, -0.15) is 0 Å². The van der Waals surface area contributed by atoms with Gasteiger partial charge in [-0.15, -0.1) is 11.8 Å². The first kappa shape index (κ1) is 24.2. The molecule has 9 heteroatoms. The van der Waals surface area contributed by atoms with Crippen molar-refractivity contribution >= 4 is 33.4 Å². The molecule has 0 aliphatic rings. The number of nitrogens with two attached hydrogens (primary N) is 1. The summed E-state index contributed by atoms with van der Waals surface area (Å²) < 4.78 is 23.6. The zero-order chi connectivity index (χ0) is 22.3. The molecule has 164 valence electrons. The molecular weight excluding hydrogens is 422 g/mol. The Bertz CT molecular complexity index is 964. The molecular formula is C21H29N3O4S2. The van der Waals surface area contributed by atoms with Crippen molar-refractivity contribution in [3.63, 3.8) is 0 Å². The highest BCUT2D eigenvalue weighted by molar-refractivity contribution is 7.99. The fraction of sp³-hybridized carbons (Fsp3) is 0.381. The van der Waals surface area contributed by atoms with Crippen LogP contribution in [0.25, 0.3) is 0 Å². The molecule has 0 fully saturated rings. The average molecular weight is 452 g/mol. The van der Waals surface area contributed by atoms with Gasteiger partial charge in [0.15, 0.2) is 0 Å². The molecule has 0 radical (unpaired) electrons. The monoisotopic (exact) mass is 451 g/mol. The molecule has 1 atom stereocenters. The fourth-order valence-corrected chi connectivity index (χ4v) is 4.67. The van der Waals surface area contributed by atoms with Crippen molar-refractivity contribution < 1.29 is 18.3 Å². The molecule has 0 bridgehead atoms. The van der Waals surface area contributed by atoms with Gasteiger partial charge < -0.3 is 15.3 Å². The Morgan fingerprint density at radius 1 is 1.23 bits per heavy atom. The number of aryl methyl sites for hydroxylation is 1. The molecule has 2 aromatic rings. The number of aliphatic carboxylic acids is 1. The summed E-state index contributed by atoms with van der Waals surface area (Å²) in [5, 5.41) is 18.1. The summed E-state index contributed by atoms with van der Waals surface area (Å²) in [7, 11) is 0.0787. The van der Waals surface area contributed by atoms with Gasteiger partial charge >= 0.3 is 5.97 Å². The zero-order valence-electron chi connectivity index (χ0n) is 17.5. The largest absolute Gasteiger partial charge is 0.481 e. The van der Waals surface area contributed by atoms with Crippen LogP contribution in [-0.4, -0.2) is 56.8 Å². The SMILES string of the molecule is Cc1cc(S(N)(=O)=O)cc(CC(=O)O)c1NC(CCN(C)C)CSc1ccccc1. The van der Waals surface area contributed by atoms with Gasteiger partial charge in [0, 0.05) is 22.4 Å². The Morgan fingerprint density at radius 3 is 2.47 bits per heavy atom. The fourth-order valence-electron chi connectivity index (χ4n) is 3.03. The Hall–Kier alpha value is -2.07. The van der Waals surface area contributed by atoms with Crippen LogP contribution in [0, 0.1) is 6.92 Å². The minimum atomic E-state index is -3.93. The standard InChI is InChI=1S/C21H29N3O4S2/c1-15-11-19(30(22,27)28)12-16(13-20(25)26)21(15)23-17(9-10-24(2)3)14-29-18-7-5-4-6-8-18/h4-8,11-12,17,23H,9-10,13-14H2,1-3H3,(H,25,26)(H2,22,27,28). The topological polar surface area (TPSA) is 113 Å². The average Bonchev–Trinajstić information content (AvgIpc) is 2.65. The molecule has 0 saturated heterocycles. The third-order valence-corrected chi connectivity index (χ3v) is 6.60. The predicted octanol–water partition coefficient (Wildman–Crippen LogP) is 2.79. The first-order valence-corrected chi connectivity index (χ1v) is 12.1. The Balaban J connectivity index is 2.32. The van der Waals surface area contributed by atoms with Gasteiger partial charge in [0.05, 0.1) is 11.3 Å². The van der Waals surface area contributed by atoms with E-state index in [0.717, 1.165) is 23.6 Å². The highest BCUT2D eigenvalue weighted by Crippen LogP contribution is 2.28. The first-order valence-electron chi connectivity index (χ1n) is 9.53. The maximum atomic E-state index is 11.8. The summed E-state index contributed by atoms with van der Waals surface area (Å²) in [6.07, 6.45) is 0.550. The number of primary sulfonamides is 1. The molecule has 0 aliphatic heterocycles. The number of carboxylic acids is 1. The van der Waals surface area contributed by atoms with E-state index < -0.39 is 16.0 Å². The quantitative estimate of drug-likeness (QED) is 0.450. The predicted molar refractivity (Wildman–Crippen MR) is 122 cm³/mol. The molecule has 2 rings (SSSR count). The molecule has 0 amide bonds. The molecule has 4 N–H and O–H groups in total. The Kier molecular flexibility index (Phi) is 8.72. The van der Waals surface area contributed by atoms with Crippen molar-refractivity contribution in [1.82, 2.24) is 4.90 Å². The van der Waals surface area contributed by atoms with E-state index in [4.69, 9.17) is 5.14 Å². The van der Waals surface area contributed by atoms with Crippen molar-refractivity contribution in [2.24, 2.45) is 5.14 Å². The molecule has 0 heterocycles. The van der Waals surface area contributed by atoms with Crippen molar-refractivity contribution in [3.05, 3.63) is 53.6 Å². The van der Waals surface area contributed by atoms with Crippen LogP contribution in [0.3, 0.4) is 0 Å². The summed E-state index contributed by atoms with van der Waals surface area (Å²) in [6.45, 7) is 2.62. The lowest BCUT2D eigenvalue weighted by molar-refractivity contribution is -0.136. The summed E-state index contributed by atoms with van der Waals surface area (Å²) in [4.78, 5) is 14.6. The van der Waals surface area contributed by atoms with Gasteiger partial charge in [-0.3, -0.25) is 4.79 Å². The summed E-state index contributed by atoms with van der Waals surface area (Å²) in [5.41, 5.74) is 1.71. The second-order valence-corrected chi connectivity index (χ2v) is 10.1. The van der Waals surface area contributed by atoms with Crippen molar-refractivity contribution in [2.45, 2.75) is 35.6 Å². The first-order chi connectivity index (χ1) is 14.1. The van der Waals surface area contributed by atoms with Crippen LogP contribution in [0.1, 0.15) is 17.5 Å². The van der Waals surface area contributed by atoms with Crippen LogP contribution in [0.5, 0.6) is 0 Å². The summed E-state index contributed by atoms with van der Waals surface area (Å²) >= 11 is 1.72. The number of sulfonamides is 1. The van der Waals surface area contributed by atoms with Gasteiger partial charge in [0.1, 0.15) is 0 Å². The lowest BCUT2D eigenvalue weighted by Gasteiger charge is -2.25. The zero-order valence-corrected chi connectivity index (χ0v) is 19.1. The second kappa shape index (κ2) is 10.8. The van der Waals surface area contributed by atoms with E-state index in [-0.39, 0.29) is 17.4 Å². The minimum Gasteiger partial charge on any atom is -0.481 e. The van der Waals surface area contributed by atoms with E-state index in [1.807, 2.05) is 32.3 Å². The number of benzene rings is 2. The van der Waals surface area contributed by atoms with Gasteiger partial charge in [-0.25, -0.2) is 13.6 Å². The number of hydrogen-bond acceptors (Lipinski definition) is 6. The maximum Gasteiger partial charge on any atom is 0.307 e. The number of carbonyl (C=O) groups is 1. The van der Waals surface area contributed by atoms with Crippen molar-refractivity contribution in [1.29, 1.82) is 0 Å². The van der Waals surface area contributed by atoms with E-state index in [1.54, 1.807) is 18.7 Å². The van der Waals surface area contributed by atoms with Crippen LogP contribution in [0.15, 0.2) is 52.3 Å². The number of anilines is 1. The van der Waals surface area contributed by atoms with E-state index in [0.29, 0.717) is 16.8 Å². The summed E-state index contributed by atoms with van der Waals surface area (Å²) in [5.74, 6) is -0.256. The molecule has 7 nitrogen and oxygen atoms in total. The number of nitrogens with zero attached hydrogens (tertiary/aromatic N) is 1. The van der Waals surface area contributed by atoms with Crippen LogP contribution >= 0.6 is 11.8 Å². The van der Waals surface area contributed by atoms with Crippen molar-refractivity contribution in [2.75, 3.05) is 31.7 Å². The molecule has 0 aliphatic carbocycles. The smallest absolute Gasteiger partial charge is 0.307 e. The Morgan fingerprint density at radius 2 is 1.90 bits per heavy atom. The van der Waals surface area contributed by atoms with Crippen LogP contribution < -0.4 is 10.5 Å². The van der Waals surface area contributed by atoms with Gasteiger partial charge in [0.25, 0.3) is 0 Å². The van der Waals surface area contributed by atoms with Crippen LogP contribution in [0.4, 0.5) is 5.69 Å². The highest BCUT2D eigenvalue weighted by atomic mass is 32.2. The highest BCUT2D eigenvalue weighted by Gasteiger charge is 2.19. The maximum absolute atomic E-state index is 11.8. The van der Waals surface area contributed by atoms with Crippen molar-refractivity contribution in [3.8, 4) is 0 Å². The van der Waals surface area contributed by atoms with Crippen LogP contribution in [0.2, 0.25) is 0 Å². The number of thioether (sulfide) groups is 1. The van der Waals surface area contributed by atoms with E-state index in [9.17, 15) is 18.3 Å².